The summed E-state index contributed by atoms with van der Waals surface area (Å²) in [6.45, 7) is 1.84. The van der Waals surface area contributed by atoms with Crippen LogP contribution in [0.1, 0.15) is 18.5 Å². The summed E-state index contributed by atoms with van der Waals surface area (Å²) in [5.41, 5.74) is 3.07. The Morgan fingerprint density at radius 1 is 1.16 bits per heavy atom. The van der Waals surface area contributed by atoms with Gasteiger partial charge in [0.15, 0.2) is 0 Å². The number of pyridine rings is 2. The van der Waals surface area contributed by atoms with Crippen molar-refractivity contribution in [1.82, 2.24) is 29.7 Å². The number of hydrogen-bond donors (Lipinski definition) is 2. The van der Waals surface area contributed by atoms with E-state index in [4.69, 9.17) is 4.74 Å². The van der Waals surface area contributed by atoms with Crippen molar-refractivity contribution in [2.24, 2.45) is 7.05 Å². The molecule has 9 nitrogen and oxygen atoms in total. The van der Waals surface area contributed by atoms with Crippen molar-refractivity contribution >= 4 is 5.95 Å². The van der Waals surface area contributed by atoms with Crippen molar-refractivity contribution in [2.75, 3.05) is 5.32 Å². The van der Waals surface area contributed by atoms with Crippen LogP contribution in [0, 0.1) is 6.92 Å². The quantitative estimate of drug-likeness (QED) is 0.497. The summed E-state index contributed by atoms with van der Waals surface area (Å²) in [5, 5.41) is 7.36. The molecule has 0 unspecified atom stereocenters. The highest BCUT2D eigenvalue weighted by Crippen LogP contribution is 2.28. The van der Waals surface area contributed by atoms with E-state index in [-0.39, 0.29) is 5.56 Å². The zero-order valence-electron chi connectivity index (χ0n) is 17.2. The smallest absolute Gasteiger partial charge is 0.261 e. The molecule has 2 N–H and O–H groups in total. The maximum Gasteiger partial charge on any atom is 0.261 e. The third kappa shape index (κ3) is 4.16. The Hall–Kier alpha value is -4.01. The van der Waals surface area contributed by atoms with E-state index in [1.165, 1.54) is 0 Å². The Kier molecular flexibility index (Phi) is 4.70. The Morgan fingerprint density at radius 2 is 2.03 bits per heavy atom. The Morgan fingerprint density at radius 3 is 2.74 bits per heavy atom. The molecule has 156 valence electrons. The van der Waals surface area contributed by atoms with E-state index >= 15 is 0 Å². The molecule has 4 aromatic rings. The van der Waals surface area contributed by atoms with Gasteiger partial charge in [0.05, 0.1) is 28.8 Å². The molecule has 0 amide bonds. The molecule has 9 heteroatoms. The maximum atomic E-state index is 12.5. The number of hydrogen-bond acceptors (Lipinski definition) is 7. The van der Waals surface area contributed by atoms with E-state index in [2.05, 4.69) is 30.4 Å². The predicted octanol–water partition coefficient (Wildman–Crippen LogP) is 3.30. The lowest BCUT2D eigenvalue weighted by Gasteiger charge is -2.10. The molecule has 1 aliphatic rings. The second-order valence-electron chi connectivity index (χ2n) is 7.55. The maximum absolute atomic E-state index is 12.5. The van der Waals surface area contributed by atoms with Gasteiger partial charge >= 0.3 is 0 Å². The van der Waals surface area contributed by atoms with Gasteiger partial charge in [-0.2, -0.15) is 5.10 Å². The molecule has 0 aliphatic heterocycles. The lowest BCUT2D eigenvalue weighted by atomic mass is 10.2. The molecule has 5 rings (SSSR count). The summed E-state index contributed by atoms with van der Waals surface area (Å²) in [5.74, 6) is 1.74. The Balaban J connectivity index is 1.37. The second-order valence-corrected chi connectivity index (χ2v) is 7.55. The summed E-state index contributed by atoms with van der Waals surface area (Å²) < 4.78 is 7.75. The van der Waals surface area contributed by atoms with Gasteiger partial charge in [0.2, 0.25) is 5.95 Å². The zero-order chi connectivity index (χ0) is 21.4. The van der Waals surface area contributed by atoms with E-state index in [0.29, 0.717) is 40.4 Å². The number of aryl methyl sites for hydroxylation is 2. The van der Waals surface area contributed by atoms with Gasteiger partial charge < -0.3 is 10.1 Å². The molecular formula is C22H21N7O2. The van der Waals surface area contributed by atoms with Gasteiger partial charge in [0.1, 0.15) is 11.5 Å². The van der Waals surface area contributed by atoms with Crippen LogP contribution in [0.2, 0.25) is 0 Å². The second kappa shape index (κ2) is 7.67. The van der Waals surface area contributed by atoms with Gasteiger partial charge in [-0.3, -0.25) is 19.4 Å². The van der Waals surface area contributed by atoms with E-state index in [1.807, 2.05) is 26.2 Å². The zero-order valence-corrected chi connectivity index (χ0v) is 17.2. The Bertz CT molecular complexity index is 1310. The molecule has 0 aromatic carbocycles. The lowest BCUT2D eigenvalue weighted by Crippen LogP contribution is -2.15. The minimum atomic E-state index is -0.228. The topological polar surface area (TPSA) is 111 Å². The van der Waals surface area contributed by atoms with Crippen LogP contribution in [0.5, 0.6) is 11.5 Å². The highest BCUT2D eigenvalue weighted by Gasteiger charge is 2.22. The van der Waals surface area contributed by atoms with Crippen LogP contribution in [0.25, 0.3) is 22.5 Å². The van der Waals surface area contributed by atoms with Gasteiger partial charge in [-0.15, -0.1) is 0 Å². The number of aromatic amines is 1. The summed E-state index contributed by atoms with van der Waals surface area (Å²) in [4.78, 5) is 28.5. The van der Waals surface area contributed by atoms with E-state index in [9.17, 15) is 4.79 Å². The van der Waals surface area contributed by atoms with Crippen LogP contribution in [-0.4, -0.2) is 35.8 Å². The number of nitrogens with zero attached hydrogens (tertiary/aromatic N) is 5. The summed E-state index contributed by atoms with van der Waals surface area (Å²) >= 11 is 0. The first-order valence-electron chi connectivity index (χ1n) is 10.0. The van der Waals surface area contributed by atoms with Crippen molar-refractivity contribution in [1.29, 1.82) is 0 Å². The number of ether oxygens (including phenoxy) is 1. The largest absolute Gasteiger partial charge is 0.455 e. The monoisotopic (exact) mass is 415 g/mol. The third-order valence-electron chi connectivity index (χ3n) is 4.99. The minimum absolute atomic E-state index is 0.228. The van der Waals surface area contributed by atoms with E-state index < -0.39 is 0 Å². The van der Waals surface area contributed by atoms with Crippen molar-refractivity contribution in [3.63, 3.8) is 0 Å². The fraction of sp³-hybridized carbons (Fsp3) is 0.227. The molecular weight excluding hydrogens is 394 g/mol. The van der Waals surface area contributed by atoms with Crippen LogP contribution in [0.15, 0.2) is 53.8 Å². The number of H-pyrrole nitrogens is 1. The SMILES string of the molecule is Cc1nc(-c2cnc(NC3CC3)[nH]c2=O)ccc1Oc1ccnc(-c2cnn(C)c2)c1. The van der Waals surface area contributed by atoms with Crippen molar-refractivity contribution < 1.29 is 4.74 Å². The molecule has 4 aromatic heterocycles. The lowest BCUT2D eigenvalue weighted by molar-refractivity contribution is 0.475. The van der Waals surface area contributed by atoms with Gasteiger partial charge in [-0.1, -0.05) is 0 Å². The van der Waals surface area contributed by atoms with Crippen molar-refractivity contribution in [3.8, 4) is 34.0 Å². The molecule has 31 heavy (non-hydrogen) atoms. The highest BCUT2D eigenvalue weighted by molar-refractivity contribution is 5.60. The van der Waals surface area contributed by atoms with Crippen LogP contribution in [0.4, 0.5) is 5.95 Å². The first-order chi connectivity index (χ1) is 15.0. The Labute approximate surface area is 178 Å². The summed E-state index contributed by atoms with van der Waals surface area (Å²) in [6, 6.07) is 7.61. The molecule has 1 saturated carbocycles. The number of rotatable bonds is 6. The molecule has 0 radical (unpaired) electrons. The third-order valence-corrected chi connectivity index (χ3v) is 4.99. The van der Waals surface area contributed by atoms with E-state index in [0.717, 1.165) is 24.1 Å². The first-order valence-corrected chi connectivity index (χ1v) is 10.0. The molecule has 0 spiro atoms. The number of nitrogens with one attached hydrogen (secondary N) is 2. The van der Waals surface area contributed by atoms with Gasteiger partial charge in [0.25, 0.3) is 5.56 Å². The van der Waals surface area contributed by atoms with Gasteiger partial charge in [-0.05, 0) is 38.0 Å². The molecule has 4 heterocycles. The standard InChI is InChI=1S/C22H21N7O2/c1-13-20(31-16-7-8-23-19(9-16)14-10-25-29(2)12-14)6-5-18(26-13)17-11-24-22(28-21(17)30)27-15-3-4-15/h5-12,15H,3-4H2,1-2H3,(H2,24,27,28,30). The molecule has 0 atom stereocenters. The van der Waals surface area contributed by atoms with Crippen molar-refractivity contribution in [2.45, 2.75) is 25.8 Å². The summed E-state index contributed by atoms with van der Waals surface area (Å²) in [6.07, 6.45) is 9.10. The predicted molar refractivity (Wildman–Crippen MR) is 116 cm³/mol. The number of anilines is 1. The first kappa shape index (κ1) is 19.0. The molecule has 1 fully saturated rings. The van der Waals surface area contributed by atoms with Gasteiger partial charge in [-0.25, -0.2) is 9.97 Å². The van der Waals surface area contributed by atoms with Crippen molar-refractivity contribution in [3.05, 3.63) is 65.1 Å². The normalized spacial score (nSPS) is 13.2. The van der Waals surface area contributed by atoms with Crippen LogP contribution >= 0.6 is 0 Å². The fourth-order valence-electron chi connectivity index (χ4n) is 3.19. The average molecular weight is 415 g/mol. The molecule has 0 bridgehead atoms. The average Bonchev–Trinajstić information content (AvgIpc) is 3.46. The van der Waals surface area contributed by atoms with Crippen LogP contribution < -0.4 is 15.6 Å². The van der Waals surface area contributed by atoms with Crippen LogP contribution in [0.3, 0.4) is 0 Å². The highest BCUT2D eigenvalue weighted by atomic mass is 16.5. The minimum Gasteiger partial charge on any atom is -0.455 e. The van der Waals surface area contributed by atoms with E-state index in [1.54, 1.807) is 41.5 Å². The number of aromatic nitrogens is 6. The molecule has 0 saturated heterocycles. The molecule has 1 aliphatic carbocycles. The fourth-order valence-corrected chi connectivity index (χ4v) is 3.19. The summed E-state index contributed by atoms with van der Waals surface area (Å²) in [7, 11) is 1.86. The van der Waals surface area contributed by atoms with Crippen LogP contribution in [-0.2, 0) is 7.05 Å². The van der Waals surface area contributed by atoms with Gasteiger partial charge in [0, 0.05) is 43.3 Å².